The number of hydrogen-bond donors (Lipinski definition) is 1. The summed E-state index contributed by atoms with van der Waals surface area (Å²) in [6.45, 7) is 1.80. The van der Waals surface area contributed by atoms with Gasteiger partial charge in [-0.3, -0.25) is 0 Å². The molecule has 2 rings (SSSR count). The van der Waals surface area contributed by atoms with Gasteiger partial charge in [-0.25, -0.2) is 8.42 Å². The second kappa shape index (κ2) is 5.38. The fourth-order valence-electron chi connectivity index (χ4n) is 2.11. The molecule has 0 aliphatic carbocycles. The lowest BCUT2D eigenvalue weighted by atomic mass is 10.0. The van der Waals surface area contributed by atoms with E-state index in [1.807, 2.05) is 0 Å². The second-order valence-electron chi connectivity index (χ2n) is 4.45. The van der Waals surface area contributed by atoms with Gasteiger partial charge in [0.15, 0.2) is 9.84 Å². The van der Waals surface area contributed by atoms with E-state index in [-0.39, 0.29) is 11.7 Å². The molecule has 1 aliphatic heterocycles. The van der Waals surface area contributed by atoms with Crippen molar-refractivity contribution >= 4 is 21.4 Å². The summed E-state index contributed by atoms with van der Waals surface area (Å²) in [6.07, 6.45) is 2.04. The molecule has 94 valence electrons. The summed E-state index contributed by atoms with van der Waals surface area (Å²) in [7, 11) is -3.18. The molecular formula is C12H16ClNO2S. The molecular weight excluding hydrogens is 258 g/mol. The molecule has 1 heterocycles. The Balaban J connectivity index is 2.10. The summed E-state index contributed by atoms with van der Waals surface area (Å²) in [5, 5.41) is 3.79. The third kappa shape index (κ3) is 3.44. The van der Waals surface area contributed by atoms with Crippen LogP contribution in [-0.2, 0) is 9.84 Å². The van der Waals surface area contributed by atoms with Crippen LogP contribution >= 0.6 is 11.6 Å². The monoisotopic (exact) mass is 273 g/mol. The first kappa shape index (κ1) is 12.9. The molecule has 1 aromatic carbocycles. The number of sulfone groups is 1. The fraction of sp³-hybridized carbons (Fsp3) is 0.500. The van der Waals surface area contributed by atoms with Gasteiger partial charge < -0.3 is 5.32 Å². The molecule has 17 heavy (non-hydrogen) atoms. The zero-order chi connectivity index (χ0) is 12.3. The van der Waals surface area contributed by atoms with Crippen molar-refractivity contribution in [1.29, 1.82) is 0 Å². The second-order valence-corrected chi connectivity index (χ2v) is 6.92. The van der Waals surface area contributed by atoms with Crippen molar-refractivity contribution in [2.24, 2.45) is 5.92 Å². The minimum Gasteiger partial charge on any atom is -0.316 e. The van der Waals surface area contributed by atoms with E-state index in [1.165, 1.54) is 0 Å². The van der Waals surface area contributed by atoms with Crippen molar-refractivity contribution in [3.63, 3.8) is 0 Å². The van der Waals surface area contributed by atoms with Crippen LogP contribution in [0.4, 0.5) is 0 Å². The molecule has 1 saturated heterocycles. The Morgan fingerprint density at radius 3 is 2.59 bits per heavy atom. The molecule has 0 saturated carbocycles. The van der Waals surface area contributed by atoms with Crippen molar-refractivity contribution in [2.75, 3.05) is 18.8 Å². The Morgan fingerprint density at radius 2 is 2.00 bits per heavy atom. The molecule has 0 radical (unpaired) electrons. The van der Waals surface area contributed by atoms with Crippen molar-refractivity contribution in [3.8, 4) is 0 Å². The zero-order valence-electron chi connectivity index (χ0n) is 9.52. The third-order valence-corrected chi connectivity index (χ3v) is 5.18. The molecule has 0 amide bonds. The van der Waals surface area contributed by atoms with Crippen molar-refractivity contribution in [3.05, 3.63) is 29.3 Å². The van der Waals surface area contributed by atoms with Crippen molar-refractivity contribution in [2.45, 2.75) is 17.7 Å². The van der Waals surface area contributed by atoms with Gasteiger partial charge in [0.05, 0.1) is 10.6 Å². The van der Waals surface area contributed by atoms with Gasteiger partial charge in [0.2, 0.25) is 0 Å². The van der Waals surface area contributed by atoms with Crippen LogP contribution < -0.4 is 5.32 Å². The maximum Gasteiger partial charge on any atom is 0.178 e. The number of rotatable bonds is 3. The van der Waals surface area contributed by atoms with Crippen LogP contribution in [0.25, 0.3) is 0 Å². The van der Waals surface area contributed by atoms with Crippen LogP contribution in [0.5, 0.6) is 0 Å². The maximum atomic E-state index is 12.1. The SMILES string of the molecule is O=S(=O)(C[C@@H]1CCCNC1)c1ccc(Cl)cc1. The third-order valence-electron chi connectivity index (χ3n) is 3.03. The van der Waals surface area contributed by atoms with Gasteiger partial charge in [0, 0.05) is 5.02 Å². The lowest BCUT2D eigenvalue weighted by Crippen LogP contribution is -2.33. The molecule has 0 aromatic heterocycles. The predicted octanol–water partition coefficient (Wildman–Crippen LogP) is 2.11. The molecule has 1 aliphatic rings. The molecule has 0 spiro atoms. The largest absolute Gasteiger partial charge is 0.316 e. The van der Waals surface area contributed by atoms with Crippen molar-refractivity contribution in [1.82, 2.24) is 5.32 Å². The molecule has 1 atom stereocenters. The van der Waals surface area contributed by atoms with Gasteiger partial charge in [-0.2, -0.15) is 0 Å². The van der Waals surface area contributed by atoms with E-state index in [0.717, 1.165) is 25.9 Å². The Hall–Kier alpha value is -0.580. The average Bonchev–Trinajstić information content (AvgIpc) is 2.30. The summed E-state index contributed by atoms with van der Waals surface area (Å²) in [5.41, 5.74) is 0. The Morgan fingerprint density at radius 1 is 1.29 bits per heavy atom. The smallest absolute Gasteiger partial charge is 0.178 e. The minimum atomic E-state index is -3.18. The normalized spacial score (nSPS) is 21.4. The summed E-state index contributed by atoms with van der Waals surface area (Å²) >= 11 is 5.75. The lowest BCUT2D eigenvalue weighted by molar-refractivity contribution is 0.404. The van der Waals surface area contributed by atoms with Gasteiger partial charge in [-0.05, 0) is 56.1 Å². The van der Waals surface area contributed by atoms with E-state index in [9.17, 15) is 8.42 Å². The van der Waals surface area contributed by atoms with Crippen molar-refractivity contribution < 1.29 is 8.42 Å². The lowest BCUT2D eigenvalue weighted by Gasteiger charge is -2.22. The summed E-state index contributed by atoms with van der Waals surface area (Å²) < 4.78 is 24.3. The first-order chi connectivity index (χ1) is 8.08. The van der Waals surface area contributed by atoms with Crippen LogP contribution in [0.2, 0.25) is 5.02 Å². The molecule has 1 fully saturated rings. The highest BCUT2D eigenvalue weighted by molar-refractivity contribution is 7.91. The molecule has 3 nitrogen and oxygen atoms in total. The van der Waals surface area contributed by atoms with Gasteiger partial charge in [0.1, 0.15) is 0 Å². The number of benzene rings is 1. The standard InChI is InChI=1S/C12H16ClNO2S/c13-11-3-5-12(6-4-11)17(15,16)9-10-2-1-7-14-8-10/h3-6,10,14H,1-2,7-9H2/t10-/m1/s1. The van der Waals surface area contributed by atoms with Crippen LogP contribution in [0.3, 0.4) is 0 Å². The van der Waals surface area contributed by atoms with Gasteiger partial charge in [-0.15, -0.1) is 0 Å². The number of nitrogens with one attached hydrogen (secondary N) is 1. The zero-order valence-corrected chi connectivity index (χ0v) is 11.1. The van der Waals surface area contributed by atoms with E-state index >= 15 is 0 Å². The topological polar surface area (TPSA) is 46.2 Å². The van der Waals surface area contributed by atoms with Crippen LogP contribution in [0, 0.1) is 5.92 Å². The molecule has 1 aromatic rings. The van der Waals surface area contributed by atoms with E-state index < -0.39 is 9.84 Å². The number of hydrogen-bond acceptors (Lipinski definition) is 3. The van der Waals surface area contributed by atoms with Crippen LogP contribution in [0.1, 0.15) is 12.8 Å². The molecule has 5 heteroatoms. The quantitative estimate of drug-likeness (QED) is 0.918. The van der Waals surface area contributed by atoms with Gasteiger partial charge >= 0.3 is 0 Å². The highest BCUT2D eigenvalue weighted by atomic mass is 35.5. The van der Waals surface area contributed by atoms with Crippen LogP contribution in [0.15, 0.2) is 29.2 Å². The Labute approximate surface area is 107 Å². The predicted molar refractivity (Wildman–Crippen MR) is 69.1 cm³/mol. The first-order valence-electron chi connectivity index (χ1n) is 5.77. The molecule has 0 bridgehead atoms. The summed E-state index contributed by atoms with van der Waals surface area (Å²) in [4.78, 5) is 0.368. The fourth-order valence-corrected chi connectivity index (χ4v) is 3.89. The Bertz CT molecular complexity index is 464. The maximum absolute atomic E-state index is 12.1. The van der Waals surface area contributed by atoms with E-state index in [4.69, 9.17) is 11.6 Å². The minimum absolute atomic E-state index is 0.224. The van der Waals surface area contributed by atoms with Crippen LogP contribution in [-0.4, -0.2) is 27.3 Å². The highest BCUT2D eigenvalue weighted by Crippen LogP contribution is 2.20. The van der Waals surface area contributed by atoms with E-state index in [0.29, 0.717) is 9.92 Å². The number of piperidine rings is 1. The summed E-state index contributed by atoms with van der Waals surface area (Å²) in [5.74, 6) is 0.450. The molecule has 1 N–H and O–H groups in total. The van der Waals surface area contributed by atoms with E-state index in [2.05, 4.69) is 5.32 Å². The van der Waals surface area contributed by atoms with E-state index in [1.54, 1.807) is 24.3 Å². The molecule has 0 unspecified atom stereocenters. The Kier molecular flexibility index (Phi) is 4.07. The average molecular weight is 274 g/mol. The number of halogens is 1. The highest BCUT2D eigenvalue weighted by Gasteiger charge is 2.22. The van der Waals surface area contributed by atoms with Gasteiger partial charge in [0.25, 0.3) is 0 Å². The van der Waals surface area contributed by atoms with Gasteiger partial charge in [-0.1, -0.05) is 11.6 Å². The summed E-state index contributed by atoms with van der Waals surface area (Å²) in [6, 6.07) is 6.39. The first-order valence-corrected chi connectivity index (χ1v) is 7.80.